The highest BCUT2D eigenvalue weighted by Crippen LogP contribution is 2.64. The quantitative estimate of drug-likeness (QED) is 0.302. The van der Waals surface area contributed by atoms with Crippen molar-refractivity contribution >= 4 is 30.8 Å². The maximum absolute atomic E-state index is 14.1. The average Bonchev–Trinajstić information content (AvgIpc) is 3.19. The summed E-state index contributed by atoms with van der Waals surface area (Å²) in [6, 6.07) is 15.7. The number of rotatable bonds is 3. The summed E-state index contributed by atoms with van der Waals surface area (Å²) in [7, 11) is -1.97. The molecule has 2 aromatic rings. The number of fused-ring (bicyclic) bond motifs is 2. The molecule has 6 nitrogen and oxygen atoms in total. The zero-order chi connectivity index (χ0) is 27.0. The Labute approximate surface area is 224 Å². The van der Waals surface area contributed by atoms with Crippen molar-refractivity contribution in [1.29, 1.82) is 0 Å². The van der Waals surface area contributed by atoms with Crippen LogP contribution in [0.25, 0.3) is 0 Å². The van der Waals surface area contributed by atoms with Crippen LogP contribution in [-0.4, -0.2) is 43.6 Å². The average molecular weight is 531 g/mol. The van der Waals surface area contributed by atoms with Crippen molar-refractivity contribution in [3.8, 4) is 5.75 Å². The fourth-order valence-electron chi connectivity index (χ4n) is 7.60. The summed E-state index contributed by atoms with van der Waals surface area (Å²) in [5, 5.41) is 1.42. The number of esters is 1. The van der Waals surface area contributed by atoms with Crippen LogP contribution in [0.3, 0.4) is 0 Å². The number of hydrogen-bond acceptors (Lipinski definition) is 6. The van der Waals surface area contributed by atoms with Crippen LogP contribution in [0.2, 0.25) is 18.1 Å². The third-order valence-electron chi connectivity index (χ3n) is 9.87. The molecule has 1 spiro atoms. The molecule has 2 fully saturated rings. The first kappa shape index (κ1) is 25.4. The van der Waals surface area contributed by atoms with Crippen molar-refractivity contribution in [2.45, 2.75) is 82.6 Å². The Kier molecular flexibility index (Phi) is 5.73. The number of Topliss-reactive ketones (excluding diaryl/α,β-unsaturated/α-hetero) is 2. The smallest absolute Gasteiger partial charge is 0.308 e. The Morgan fingerprint density at radius 3 is 2.50 bits per heavy atom. The van der Waals surface area contributed by atoms with Gasteiger partial charge in [0.15, 0.2) is 17.9 Å². The van der Waals surface area contributed by atoms with Crippen molar-refractivity contribution < 1.29 is 28.6 Å². The SMILES string of the molecule is CC(=O)Oc1cccc2c1C(=O)C1=C(C2=O)C2CCC(C)([Si](C)(C)c3ccccc3)CC23OC(C)OC3C1. The van der Waals surface area contributed by atoms with E-state index in [1.54, 1.807) is 18.2 Å². The van der Waals surface area contributed by atoms with Gasteiger partial charge in [-0.25, -0.2) is 0 Å². The number of carbonyl (C=O) groups excluding carboxylic acids is 3. The van der Waals surface area contributed by atoms with Crippen LogP contribution >= 0.6 is 0 Å². The number of benzene rings is 2. The first-order chi connectivity index (χ1) is 18.0. The van der Waals surface area contributed by atoms with E-state index in [-0.39, 0.29) is 39.9 Å². The Morgan fingerprint density at radius 1 is 1.05 bits per heavy atom. The fourth-order valence-corrected chi connectivity index (χ4v) is 10.8. The maximum Gasteiger partial charge on any atom is 0.308 e. The number of ketones is 2. The molecule has 5 atom stereocenters. The summed E-state index contributed by atoms with van der Waals surface area (Å²) in [5.41, 5.74) is 0.904. The van der Waals surface area contributed by atoms with Crippen molar-refractivity contribution in [1.82, 2.24) is 0 Å². The summed E-state index contributed by atoms with van der Waals surface area (Å²) in [6.07, 6.45) is 2.06. The zero-order valence-electron chi connectivity index (χ0n) is 22.6. The van der Waals surface area contributed by atoms with Gasteiger partial charge in [0.2, 0.25) is 0 Å². The molecule has 0 radical (unpaired) electrons. The van der Waals surface area contributed by atoms with Gasteiger partial charge < -0.3 is 14.2 Å². The molecule has 6 rings (SSSR count). The largest absolute Gasteiger partial charge is 0.426 e. The molecular formula is C31H34O6Si. The van der Waals surface area contributed by atoms with Gasteiger partial charge in [0.25, 0.3) is 0 Å². The molecule has 198 valence electrons. The van der Waals surface area contributed by atoms with Crippen LogP contribution in [0.4, 0.5) is 0 Å². The van der Waals surface area contributed by atoms with Crippen LogP contribution in [-0.2, 0) is 14.3 Å². The molecule has 1 saturated carbocycles. The predicted molar refractivity (Wildman–Crippen MR) is 145 cm³/mol. The molecule has 4 aliphatic rings. The number of carbonyl (C=O) groups is 3. The number of hydrogen-bond donors (Lipinski definition) is 0. The van der Waals surface area contributed by atoms with Gasteiger partial charge in [0.05, 0.1) is 19.7 Å². The molecule has 3 aliphatic carbocycles. The van der Waals surface area contributed by atoms with Gasteiger partial charge in [-0.05, 0) is 37.3 Å². The van der Waals surface area contributed by atoms with Crippen LogP contribution < -0.4 is 9.92 Å². The molecule has 1 saturated heterocycles. The van der Waals surface area contributed by atoms with E-state index in [4.69, 9.17) is 14.2 Å². The van der Waals surface area contributed by atoms with E-state index in [9.17, 15) is 14.4 Å². The predicted octanol–water partition coefficient (Wildman–Crippen LogP) is 5.37. The first-order valence-corrected chi connectivity index (χ1v) is 16.5. The van der Waals surface area contributed by atoms with E-state index >= 15 is 0 Å². The summed E-state index contributed by atoms with van der Waals surface area (Å²) >= 11 is 0. The topological polar surface area (TPSA) is 78.9 Å². The Morgan fingerprint density at radius 2 is 1.79 bits per heavy atom. The van der Waals surface area contributed by atoms with Crippen molar-refractivity contribution in [2.75, 3.05) is 0 Å². The van der Waals surface area contributed by atoms with E-state index < -0.39 is 25.9 Å². The monoisotopic (exact) mass is 530 g/mol. The highest BCUT2D eigenvalue weighted by molar-refractivity contribution is 6.92. The standard InChI is InChI=1S/C31H34O6Si/c1-18(32)35-24-13-9-12-21-27(24)29(34)22-16-25-31(37-19(2)36-25)17-30(3,15-14-23(31)26(22)28(21)33)38(4,5)20-10-7-6-8-11-20/h6-13,19,23,25H,14-17H2,1-5H3. The molecule has 7 heteroatoms. The highest BCUT2D eigenvalue weighted by atomic mass is 28.3. The van der Waals surface area contributed by atoms with Gasteiger partial charge in [-0.1, -0.05) is 67.7 Å². The van der Waals surface area contributed by atoms with E-state index in [0.29, 0.717) is 23.1 Å². The van der Waals surface area contributed by atoms with Gasteiger partial charge in [-0.15, -0.1) is 0 Å². The molecular weight excluding hydrogens is 496 g/mol. The summed E-state index contributed by atoms with van der Waals surface area (Å²) in [6.45, 7) is 10.5. The second-order valence-electron chi connectivity index (χ2n) is 12.1. The van der Waals surface area contributed by atoms with E-state index in [1.807, 2.05) is 6.92 Å². The van der Waals surface area contributed by atoms with E-state index in [0.717, 1.165) is 19.3 Å². The van der Waals surface area contributed by atoms with Crippen molar-refractivity contribution in [3.63, 3.8) is 0 Å². The van der Waals surface area contributed by atoms with E-state index in [2.05, 4.69) is 50.3 Å². The van der Waals surface area contributed by atoms with Gasteiger partial charge in [0.1, 0.15) is 11.4 Å². The van der Waals surface area contributed by atoms with Gasteiger partial charge in [-0.2, -0.15) is 0 Å². The molecule has 2 aromatic carbocycles. The van der Waals surface area contributed by atoms with Crippen LogP contribution in [0.15, 0.2) is 59.7 Å². The number of ether oxygens (including phenoxy) is 3. The summed E-state index contributed by atoms with van der Waals surface area (Å²) in [5.74, 6) is -1.01. The lowest BCUT2D eigenvalue weighted by molar-refractivity contribution is -0.131. The summed E-state index contributed by atoms with van der Waals surface area (Å²) in [4.78, 5) is 39.7. The summed E-state index contributed by atoms with van der Waals surface area (Å²) < 4.78 is 18.4. The second-order valence-corrected chi connectivity index (χ2v) is 17.1. The normalized spacial score (nSPS) is 32.3. The Hall–Kier alpha value is -2.87. The van der Waals surface area contributed by atoms with Gasteiger partial charge in [0, 0.05) is 36.0 Å². The molecule has 38 heavy (non-hydrogen) atoms. The van der Waals surface area contributed by atoms with Gasteiger partial charge >= 0.3 is 5.97 Å². The lowest BCUT2D eigenvalue weighted by Gasteiger charge is -2.57. The molecule has 0 N–H and O–H groups in total. The van der Waals surface area contributed by atoms with Crippen LogP contribution in [0.1, 0.15) is 67.2 Å². The molecule has 0 bridgehead atoms. The molecule has 1 aliphatic heterocycles. The fraction of sp³-hybridized carbons (Fsp3) is 0.452. The molecule has 1 heterocycles. The minimum Gasteiger partial charge on any atom is -0.426 e. The van der Waals surface area contributed by atoms with Crippen LogP contribution in [0, 0.1) is 5.92 Å². The second kappa shape index (κ2) is 8.56. The highest BCUT2D eigenvalue weighted by Gasteiger charge is 2.66. The first-order valence-electron chi connectivity index (χ1n) is 13.5. The lowest BCUT2D eigenvalue weighted by atomic mass is 9.58. The Bertz CT molecular complexity index is 1390. The zero-order valence-corrected chi connectivity index (χ0v) is 23.6. The minimum absolute atomic E-state index is 0.0106. The molecule has 0 amide bonds. The Balaban J connectivity index is 1.45. The van der Waals surface area contributed by atoms with Crippen molar-refractivity contribution in [3.05, 3.63) is 70.8 Å². The third-order valence-corrected chi connectivity index (χ3v) is 15.1. The third kappa shape index (κ3) is 3.48. The minimum atomic E-state index is -1.97. The molecule has 5 unspecified atom stereocenters. The maximum atomic E-state index is 14.1. The van der Waals surface area contributed by atoms with Crippen molar-refractivity contribution in [2.24, 2.45) is 5.92 Å². The van der Waals surface area contributed by atoms with Gasteiger partial charge in [-0.3, -0.25) is 14.4 Å². The van der Waals surface area contributed by atoms with E-state index in [1.165, 1.54) is 12.1 Å². The lowest BCUT2D eigenvalue weighted by Crippen LogP contribution is -2.62. The molecule has 0 aromatic heterocycles. The van der Waals surface area contributed by atoms with Crippen LogP contribution in [0.5, 0.6) is 5.75 Å².